The van der Waals surface area contributed by atoms with Crippen LogP contribution in [0, 0.1) is 0 Å². The molecule has 5 nitrogen and oxygen atoms in total. The van der Waals surface area contributed by atoms with E-state index in [0.717, 1.165) is 16.9 Å². The van der Waals surface area contributed by atoms with Crippen molar-refractivity contribution >= 4 is 46.0 Å². The monoisotopic (exact) mass is 325 g/mol. The Morgan fingerprint density at radius 1 is 1.38 bits per heavy atom. The second-order valence-corrected chi connectivity index (χ2v) is 5.75. The Balaban J connectivity index is 2.12. The Morgan fingerprint density at radius 3 is 2.90 bits per heavy atom. The van der Waals surface area contributed by atoms with Crippen LogP contribution in [-0.2, 0) is 16.0 Å². The average molecular weight is 326 g/mol. The highest BCUT2D eigenvalue weighted by Gasteiger charge is 2.30. The van der Waals surface area contributed by atoms with E-state index in [9.17, 15) is 9.59 Å². The van der Waals surface area contributed by atoms with Crippen LogP contribution < -0.4 is 5.32 Å². The number of carbonyl (C=O) groups excluding carboxylic acids is 2. The van der Waals surface area contributed by atoms with Gasteiger partial charge in [0.2, 0.25) is 11.8 Å². The zero-order valence-electron chi connectivity index (χ0n) is 11.1. The number of nitrogens with one attached hydrogen (secondary N) is 1. The van der Waals surface area contributed by atoms with Crippen LogP contribution in [-0.4, -0.2) is 27.2 Å². The second kappa shape index (κ2) is 5.66. The zero-order valence-corrected chi connectivity index (χ0v) is 12.6. The van der Waals surface area contributed by atoms with Gasteiger partial charge in [-0.25, -0.2) is 4.98 Å². The van der Waals surface area contributed by atoms with Crippen molar-refractivity contribution in [1.82, 2.24) is 14.9 Å². The minimum Gasteiger partial charge on any atom is -0.315 e. The Morgan fingerprint density at radius 2 is 2.19 bits per heavy atom. The van der Waals surface area contributed by atoms with Gasteiger partial charge in [-0.2, -0.15) is 0 Å². The van der Waals surface area contributed by atoms with E-state index < -0.39 is 6.04 Å². The van der Waals surface area contributed by atoms with Gasteiger partial charge in [-0.1, -0.05) is 11.6 Å². The second-order valence-electron chi connectivity index (χ2n) is 4.94. The standard InChI is InChI=1S/C14H13Cl2N3O2/c15-6-5-12-17-9-7-8(16)1-2-10(9)19(12)11-3-4-13(20)18-14(11)21/h1-2,7,11H,3-6H2,(H,18,20,21). The first kappa shape index (κ1) is 14.4. The molecule has 0 aliphatic carbocycles. The van der Waals surface area contributed by atoms with Gasteiger partial charge in [0.05, 0.1) is 11.0 Å². The zero-order chi connectivity index (χ0) is 15.0. The lowest BCUT2D eigenvalue weighted by atomic mass is 10.1. The van der Waals surface area contributed by atoms with Crippen molar-refractivity contribution in [3.63, 3.8) is 0 Å². The molecule has 1 saturated heterocycles. The van der Waals surface area contributed by atoms with Crippen molar-refractivity contribution in [2.45, 2.75) is 25.3 Å². The van der Waals surface area contributed by atoms with E-state index in [1.165, 1.54) is 0 Å². The Hall–Kier alpha value is -1.59. The molecule has 0 saturated carbocycles. The van der Waals surface area contributed by atoms with Gasteiger partial charge in [-0.3, -0.25) is 14.9 Å². The van der Waals surface area contributed by atoms with E-state index in [-0.39, 0.29) is 11.8 Å². The predicted octanol–water partition coefficient (Wildman–Crippen LogP) is 2.45. The molecule has 2 aromatic rings. The van der Waals surface area contributed by atoms with Crippen LogP contribution in [0.3, 0.4) is 0 Å². The van der Waals surface area contributed by atoms with Crippen molar-refractivity contribution in [2.24, 2.45) is 0 Å². The molecule has 1 aromatic carbocycles. The first-order valence-electron chi connectivity index (χ1n) is 6.66. The summed E-state index contributed by atoms with van der Waals surface area (Å²) in [5.41, 5.74) is 1.56. The molecule has 1 aliphatic rings. The summed E-state index contributed by atoms with van der Waals surface area (Å²) >= 11 is 11.8. The largest absolute Gasteiger partial charge is 0.315 e. The number of fused-ring (bicyclic) bond motifs is 1. The highest BCUT2D eigenvalue weighted by atomic mass is 35.5. The van der Waals surface area contributed by atoms with Gasteiger partial charge in [-0.15, -0.1) is 11.6 Å². The number of nitrogens with zero attached hydrogens (tertiary/aromatic N) is 2. The first-order chi connectivity index (χ1) is 10.1. The third kappa shape index (κ3) is 2.63. The van der Waals surface area contributed by atoms with Crippen LogP contribution in [0.25, 0.3) is 11.0 Å². The van der Waals surface area contributed by atoms with Crippen molar-refractivity contribution in [3.05, 3.63) is 29.0 Å². The quantitative estimate of drug-likeness (QED) is 0.696. The van der Waals surface area contributed by atoms with Crippen LogP contribution in [0.15, 0.2) is 18.2 Å². The third-order valence-electron chi connectivity index (χ3n) is 3.56. The van der Waals surface area contributed by atoms with Gasteiger partial charge >= 0.3 is 0 Å². The van der Waals surface area contributed by atoms with Gasteiger partial charge < -0.3 is 4.57 Å². The van der Waals surface area contributed by atoms with Gasteiger partial charge in [0.15, 0.2) is 0 Å². The molecule has 21 heavy (non-hydrogen) atoms. The fourth-order valence-corrected chi connectivity index (χ4v) is 2.99. The fourth-order valence-electron chi connectivity index (χ4n) is 2.66. The Labute approximate surface area is 131 Å². The molecule has 1 aromatic heterocycles. The lowest BCUT2D eigenvalue weighted by Crippen LogP contribution is -2.42. The van der Waals surface area contributed by atoms with E-state index >= 15 is 0 Å². The van der Waals surface area contributed by atoms with Crippen LogP contribution in [0.5, 0.6) is 0 Å². The van der Waals surface area contributed by atoms with Crippen molar-refractivity contribution in [3.8, 4) is 0 Å². The molecular weight excluding hydrogens is 313 g/mol. The van der Waals surface area contributed by atoms with Crippen molar-refractivity contribution in [2.75, 3.05) is 5.88 Å². The molecule has 2 amide bonds. The number of aryl methyl sites for hydroxylation is 1. The number of piperidine rings is 1. The fraction of sp³-hybridized carbons (Fsp3) is 0.357. The van der Waals surface area contributed by atoms with Crippen molar-refractivity contribution < 1.29 is 9.59 Å². The van der Waals surface area contributed by atoms with E-state index in [4.69, 9.17) is 23.2 Å². The number of halogens is 2. The third-order valence-corrected chi connectivity index (χ3v) is 3.99. The summed E-state index contributed by atoms with van der Waals surface area (Å²) in [7, 11) is 0. The van der Waals surface area contributed by atoms with E-state index in [0.29, 0.717) is 30.2 Å². The molecule has 1 aliphatic heterocycles. The minimum absolute atomic E-state index is 0.234. The van der Waals surface area contributed by atoms with Crippen LogP contribution in [0.2, 0.25) is 5.02 Å². The van der Waals surface area contributed by atoms with Crippen molar-refractivity contribution in [1.29, 1.82) is 0 Å². The maximum atomic E-state index is 12.1. The molecule has 1 fully saturated rings. The lowest BCUT2D eigenvalue weighted by Gasteiger charge is -2.24. The highest BCUT2D eigenvalue weighted by molar-refractivity contribution is 6.31. The minimum atomic E-state index is -0.438. The topological polar surface area (TPSA) is 64.0 Å². The molecule has 1 N–H and O–H groups in total. The molecular formula is C14H13Cl2N3O2. The normalized spacial score (nSPS) is 19.0. The van der Waals surface area contributed by atoms with Crippen LogP contribution >= 0.6 is 23.2 Å². The number of benzene rings is 1. The molecule has 0 radical (unpaired) electrons. The number of imide groups is 1. The number of carbonyl (C=O) groups is 2. The summed E-state index contributed by atoms with van der Waals surface area (Å²) in [6.45, 7) is 0. The average Bonchev–Trinajstić information content (AvgIpc) is 2.76. The van der Waals surface area contributed by atoms with E-state index in [2.05, 4.69) is 10.3 Å². The first-order valence-corrected chi connectivity index (χ1v) is 7.57. The molecule has 0 spiro atoms. The summed E-state index contributed by atoms with van der Waals surface area (Å²) in [6.07, 6.45) is 1.34. The maximum absolute atomic E-state index is 12.1. The molecule has 110 valence electrons. The van der Waals surface area contributed by atoms with Crippen LogP contribution in [0.1, 0.15) is 24.7 Å². The number of hydrogen-bond acceptors (Lipinski definition) is 3. The summed E-state index contributed by atoms with van der Waals surface area (Å²) in [6, 6.07) is 4.92. The molecule has 0 bridgehead atoms. The summed E-state index contributed by atoms with van der Waals surface area (Å²) in [5.74, 6) is 0.611. The number of hydrogen-bond donors (Lipinski definition) is 1. The summed E-state index contributed by atoms with van der Waals surface area (Å²) in [5, 5.41) is 2.97. The molecule has 7 heteroatoms. The lowest BCUT2D eigenvalue weighted by molar-refractivity contribution is -0.135. The van der Waals surface area contributed by atoms with Gasteiger partial charge in [0.1, 0.15) is 11.9 Å². The maximum Gasteiger partial charge on any atom is 0.249 e. The van der Waals surface area contributed by atoms with Gasteiger partial charge in [0.25, 0.3) is 0 Å². The van der Waals surface area contributed by atoms with E-state index in [1.54, 1.807) is 12.1 Å². The number of aromatic nitrogens is 2. The molecule has 3 rings (SSSR count). The van der Waals surface area contributed by atoms with Gasteiger partial charge in [-0.05, 0) is 24.6 Å². The Bertz CT molecular complexity index is 726. The predicted molar refractivity (Wildman–Crippen MR) is 80.6 cm³/mol. The van der Waals surface area contributed by atoms with Gasteiger partial charge in [0, 0.05) is 23.7 Å². The molecule has 1 unspecified atom stereocenters. The highest BCUT2D eigenvalue weighted by Crippen LogP contribution is 2.28. The Kier molecular flexibility index (Phi) is 3.87. The summed E-state index contributed by atoms with van der Waals surface area (Å²) < 4.78 is 1.87. The molecule has 1 atom stereocenters. The summed E-state index contributed by atoms with van der Waals surface area (Å²) in [4.78, 5) is 28.0. The smallest absolute Gasteiger partial charge is 0.249 e. The number of rotatable bonds is 3. The number of amides is 2. The number of alkyl halides is 1. The number of imidazole rings is 1. The van der Waals surface area contributed by atoms with E-state index in [1.807, 2.05) is 10.6 Å². The van der Waals surface area contributed by atoms with Crippen LogP contribution in [0.4, 0.5) is 0 Å². The SMILES string of the molecule is O=C1CCC(n2c(CCCl)nc3cc(Cl)ccc32)C(=O)N1. The molecule has 2 heterocycles.